The van der Waals surface area contributed by atoms with E-state index in [0.717, 1.165) is 0 Å². The van der Waals surface area contributed by atoms with Crippen molar-refractivity contribution in [3.63, 3.8) is 0 Å². The summed E-state index contributed by atoms with van der Waals surface area (Å²) in [6, 6.07) is 4.24. The average molecular weight is 328 g/mol. The summed E-state index contributed by atoms with van der Waals surface area (Å²) < 4.78 is 50.5. The molecule has 0 aliphatic carbocycles. The molecule has 2 aromatic rings. The first-order valence-corrected chi connectivity index (χ1v) is 7.34. The number of hydrogen-bond donors (Lipinski definition) is 1. The van der Waals surface area contributed by atoms with Gasteiger partial charge in [0.1, 0.15) is 18.0 Å². The number of halogens is 4. The number of likely N-dealkylation sites (tertiary alicyclic amines) is 1. The summed E-state index contributed by atoms with van der Waals surface area (Å²) in [6.07, 6.45) is -2.09. The summed E-state index contributed by atoms with van der Waals surface area (Å²) >= 11 is 0. The van der Waals surface area contributed by atoms with Crippen LogP contribution >= 0.6 is 0 Å². The van der Waals surface area contributed by atoms with Crippen molar-refractivity contribution in [1.29, 1.82) is 0 Å². The number of alkyl halides is 3. The second-order valence-corrected chi connectivity index (χ2v) is 5.77. The second-order valence-electron chi connectivity index (χ2n) is 5.77. The molecule has 1 fully saturated rings. The molecule has 1 atom stereocenters. The van der Waals surface area contributed by atoms with Crippen LogP contribution in [0.25, 0.3) is 10.9 Å². The largest absolute Gasteiger partial charge is 0.401 e. The Hall–Kier alpha value is -1.96. The van der Waals surface area contributed by atoms with Crippen molar-refractivity contribution in [2.24, 2.45) is 5.92 Å². The lowest BCUT2D eigenvalue weighted by molar-refractivity contribution is -0.143. The van der Waals surface area contributed by atoms with Crippen LogP contribution in [0.3, 0.4) is 0 Å². The monoisotopic (exact) mass is 328 g/mol. The van der Waals surface area contributed by atoms with Gasteiger partial charge in [-0.25, -0.2) is 14.4 Å². The third kappa shape index (κ3) is 4.07. The molecule has 1 aromatic carbocycles. The number of nitrogens with zero attached hydrogens (tertiary/aromatic N) is 3. The third-order valence-electron chi connectivity index (χ3n) is 3.93. The summed E-state index contributed by atoms with van der Waals surface area (Å²) in [5.74, 6) is 0.229. The zero-order valence-corrected chi connectivity index (χ0v) is 12.3. The molecule has 1 saturated heterocycles. The predicted octanol–water partition coefficient (Wildman–Crippen LogP) is 3.07. The maximum atomic E-state index is 13.4. The number of aromatic nitrogens is 2. The van der Waals surface area contributed by atoms with Crippen molar-refractivity contribution in [2.75, 3.05) is 31.5 Å². The fraction of sp³-hybridized carbons (Fsp3) is 0.467. The Morgan fingerprint density at radius 1 is 1.26 bits per heavy atom. The van der Waals surface area contributed by atoms with Gasteiger partial charge in [-0.1, -0.05) is 0 Å². The molecule has 1 unspecified atom stereocenters. The first-order valence-electron chi connectivity index (χ1n) is 7.34. The van der Waals surface area contributed by atoms with Gasteiger partial charge in [-0.2, -0.15) is 13.2 Å². The molecule has 1 aromatic heterocycles. The zero-order valence-electron chi connectivity index (χ0n) is 12.3. The number of anilines is 1. The minimum atomic E-state index is -4.16. The number of benzene rings is 1. The first-order chi connectivity index (χ1) is 10.9. The Bertz CT molecular complexity index is 689. The summed E-state index contributed by atoms with van der Waals surface area (Å²) in [5, 5.41) is 3.68. The van der Waals surface area contributed by atoms with Crippen molar-refractivity contribution in [1.82, 2.24) is 14.9 Å². The molecule has 0 spiro atoms. The van der Waals surface area contributed by atoms with Crippen LogP contribution in [0.5, 0.6) is 0 Å². The molecular formula is C15H16F4N4. The van der Waals surface area contributed by atoms with E-state index in [1.807, 2.05) is 0 Å². The van der Waals surface area contributed by atoms with Crippen LogP contribution < -0.4 is 5.32 Å². The van der Waals surface area contributed by atoms with Crippen LogP contribution in [0.4, 0.5) is 23.4 Å². The van der Waals surface area contributed by atoms with Gasteiger partial charge in [0.2, 0.25) is 0 Å². The van der Waals surface area contributed by atoms with Gasteiger partial charge in [0.25, 0.3) is 0 Å². The van der Waals surface area contributed by atoms with Gasteiger partial charge >= 0.3 is 6.18 Å². The lowest BCUT2D eigenvalue weighted by Crippen LogP contribution is -2.33. The smallest absolute Gasteiger partial charge is 0.369 e. The van der Waals surface area contributed by atoms with E-state index in [2.05, 4.69) is 15.3 Å². The van der Waals surface area contributed by atoms with E-state index >= 15 is 0 Å². The van der Waals surface area contributed by atoms with Crippen molar-refractivity contribution in [2.45, 2.75) is 12.6 Å². The van der Waals surface area contributed by atoms with Gasteiger partial charge in [-0.05, 0) is 37.1 Å². The first kappa shape index (κ1) is 15.9. The number of nitrogens with one attached hydrogen (secondary N) is 1. The Morgan fingerprint density at radius 3 is 2.87 bits per heavy atom. The van der Waals surface area contributed by atoms with Crippen LogP contribution in [-0.4, -0.2) is 47.2 Å². The normalized spacial score (nSPS) is 19.4. The average Bonchev–Trinajstić information content (AvgIpc) is 2.90. The number of hydrogen-bond acceptors (Lipinski definition) is 4. The SMILES string of the molecule is Fc1ccc2ncnc(NCC3CCN(CC(F)(F)F)C3)c2c1. The van der Waals surface area contributed by atoms with E-state index in [0.29, 0.717) is 42.8 Å². The Balaban J connectivity index is 1.62. The number of rotatable bonds is 4. The molecule has 0 bridgehead atoms. The highest BCUT2D eigenvalue weighted by Crippen LogP contribution is 2.24. The third-order valence-corrected chi connectivity index (χ3v) is 3.93. The Kier molecular flexibility index (Phi) is 4.34. The maximum absolute atomic E-state index is 13.4. The maximum Gasteiger partial charge on any atom is 0.401 e. The van der Waals surface area contributed by atoms with E-state index in [9.17, 15) is 17.6 Å². The molecule has 1 N–H and O–H groups in total. The minimum absolute atomic E-state index is 0.107. The van der Waals surface area contributed by atoms with E-state index in [-0.39, 0.29) is 11.7 Å². The predicted molar refractivity (Wildman–Crippen MR) is 78.6 cm³/mol. The van der Waals surface area contributed by atoms with E-state index in [1.165, 1.54) is 23.4 Å². The van der Waals surface area contributed by atoms with Crippen LogP contribution in [0.15, 0.2) is 24.5 Å². The fourth-order valence-electron chi connectivity index (χ4n) is 2.89. The van der Waals surface area contributed by atoms with Crippen molar-refractivity contribution < 1.29 is 17.6 Å². The van der Waals surface area contributed by atoms with Crippen molar-refractivity contribution in [3.05, 3.63) is 30.3 Å². The summed E-state index contributed by atoms with van der Waals surface area (Å²) in [7, 11) is 0. The van der Waals surface area contributed by atoms with Gasteiger partial charge in [-0.3, -0.25) is 4.90 Å². The summed E-state index contributed by atoms with van der Waals surface area (Å²) in [5.41, 5.74) is 0.619. The molecule has 1 aliphatic heterocycles. The Labute approximate surface area is 130 Å². The lowest BCUT2D eigenvalue weighted by atomic mass is 10.1. The van der Waals surface area contributed by atoms with Crippen LogP contribution in [-0.2, 0) is 0 Å². The van der Waals surface area contributed by atoms with E-state index in [1.54, 1.807) is 6.07 Å². The van der Waals surface area contributed by atoms with Gasteiger partial charge in [0.05, 0.1) is 12.1 Å². The van der Waals surface area contributed by atoms with Gasteiger partial charge in [-0.15, -0.1) is 0 Å². The van der Waals surface area contributed by atoms with Crippen LogP contribution in [0.2, 0.25) is 0 Å². The highest BCUT2D eigenvalue weighted by molar-refractivity contribution is 5.88. The molecule has 0 saturated carbocycles. The second kappa shape index (κ2) is 6.27. The molecule has 124 valence electrons. The molecule has 0 radical (unpaired) electrons. The van der Waals surface area contributed by atoms with Gasteiger partial charge in [0.15, 0.2) is 0 Å². The van der Waals surface area contributed by atoms with E-state index < -0.39 is 12.7 Å². The molecular weight excluding hydrogens is 312 g/mol. The minimum Gasteiger partial charge on any atom is -0.369 e. The molecule has 1 aliphatic rings. The summed E-state index contributed by atoms with van der Waals surface area (Å²) in [4.78, 5) is 9.58. The highest BCUT2D eigenvalue weighted by Gasteiger charge is 2.34. The quantitative estimate of drug-likeness (QED) is 0.876. The lowest BCUT2D eigenvalue weighted by Gasteiger charge is -2.18. The molecule has 2 heterocycles. The topological polar surface area (TPSA) is 41.1 Å². The van der Waals surface area contributed by atoms with Gasteiger partial charge < -0.3 is 5.32 Å². The summed E-state index contributed by atoms with van der Waals surface area (Å²) in [6.45, 7) is 0.455. The molecule has 3 rings (SSSR count). The standard InChI is InChI=1S/C15H16F4N4/c16-11-1-2-13-12(5-11)14(22-9-21-13)20-6-10-3-4-23(7-10)8-15(17,18)19/h1-2,5,9-10H,3-4,6-8H2,(H,20,21,22). The zero-order chi connectivity index (χ0) is 16.4. The van der Waals surface area contributed by atoms with Crippen LogP contribution in [0.1, 0.15) is 6.42 Å². The molecule has 23 heavy (non-hydrogen) atoms. The van der Waals surface area contributed by atoms with Crippen molar-refractivity contribution >= 4 is 16.7 Å². The molecule has 0 amide bonds. The molecule has 4 nitrogen and oxygen atoms in total. The fourth-order valence-corrected chi connectivity index (χ4v) is 2.89. The van der Waals surface area contributed by atoms with E-state index in [4.69, 9.17) is 0 Å². The molecule has 8 heteroatoms. The van der Waals surface area contributed by atoms with Crippen molar-refractivity contribution in [3.8, 4) is 0 Å². The Morgan fingerprint density at radius 2 is 2.09 bits per heavy atom. The highest BCUT2D eigenvalue weighted by atomic mass is 19.4. The van der Waals surface area contributed by atoms with Gasteiger partial charge in [0, 0.05) is 18.5 Å². The van der Waals surface area contributed by atoms with Crippen LogP contribution in [0, 0.1) is 11.7 Å². The number of fused-ring (bicyclic) bond motifs is 1.